The van der Waals surface area contributed by atoms with Crippen LogP contribution in [0.25, 0.3) is 0 Å². The number of carbonyl (C=O) groups excluding carboxylic acids is 2. The molecule has 2 aromatic rings. The Hall–Kier alpha value is -2.83. The van der Waals surface area contributed by atoms with Gasteiger partial charge in [-0.3, -0.25) is 14.3 Å². The van der Waals surface area contributed by atoms with Crippen LogP contribution in [-0.2, 0) is 16.1 Å². The number of aromatic nitrogens is 2. The van der Waals surface area contributed by atoms with Gasteiger partial charge in [0.1, 0.15) is 11.7 Å². The van der Waals surface area contributed by atoms with E-state index in [9.17, 15) is 9.59 Å². The largest absolute Gasteiger partial charge is 0.468 e. The first-order valence-electron chi connectivity index (χ1n) is 8.78. The molecule has 26 heavy (non-hydrogen) atoms. The van der Waals surface area contributed by atoms with Crippen molar-refractivity contribution in [2.75, 3.05) is 6.54 Å². The standard InChI is InChI=1S/C19H22N4O3/c1-12-7-8-21-23(12)10-9-22-18(25)16(17(20)24)14-11-19(22,2)26-15-6-4-3-5-13(14)15/h3-8,14,16H,9-11H2,1-2H3,(H2,20,24)/t14-,16-,19+/m0/s1. The summed E-state index contributed by atoms with van der Waals surface area (Å²) in [6.07, 6.45) is 2.27. The van der Waals surface area contributed by atoms with Crippen molar-refractivity contribution in [2.24, 2.45) is 11.7 Å². The van der Waals surface area contributed by atoms with Crippen molar-refractivity contribution >= 4 is 11.8 Å². The summed E-state index contributed by atoms with van der Waals surface area (Å²) < 4.78 is 8.06. The molecule has 1 fully saturated rings. The topological polar surface area (TPSA) is 90.5 Å². The van der Waals surface area contributed by atoms with Crippen molar-refractivity contribution in [3.05, 3.63) is 47.8 Å². The summed E-state index contributed by atoms with van der Waals surface area (Å²) in [7, 11) is 0. The summed E-state index contributed by atoms with van der Waals surface area (Å²) in [6, 6.07) is 9.48. The van der Waals surface area contributed by atoms with Gasteiger partial charge in [0.15, 0.2) is 5.72 Å². The highest BCUT2D eigenvalue weighted by Crippen LogP contribution is 2.49. The molecular formula is C19H22N4O3. The molecule has 7 heteroatoms. The lowest BCUT2D eigenvalue weighted by molar-refractivity contribution is -0.175. The fourth-order valence-corrected chi connectivity index (χ4v) is 4.21. The lowest BCUT2D eigenvalue weighted by atomic mass is 9.73. The van der Waals surface area contributed by atoms with Crippen molar-refractivity contribution in [1.29, 1.82) is 0 Å². The average Bonchev–Trinajstić information content (AvgIpc) is 2.99. The molecule has 0 spiro atoms. The molecule has 0 aliphatic carbocycles. The highest BCUT2D eigenvalue weighted by atomic mass is 16.5. The number of benzene rings is 1. The lowest BCUT2D eigenvalue weighted by Gasteiger charge is -2.52. The Balaban J connectivity index is 1.70. The van der Waals surface area contributed by atoms with Gasteiger partial charge in [0.2, 0.25) is 11.8 Å². The van der Waals surface area contributed by atoms with E-state index in [-0.39, 0.29) is 11.8 Å². The van der Waals surface area contributed by atoms with Gasteiger partial charge in [-0.05, 0) is 31.5 Å². The molecule has 4 rings (SSSR count). The molecule has 136 valence electrons. The quantitative estimate of drug-likeness (QED) is 0.841. The molecule has 1 aromatic carbocycles. The number of para-hydroxylation sites is 1. The van der Waals surface area contributed by atoms with Gasteiger partial charge < -0.3 is 15.4 Å². The molecule has 2 bridgehead atoms. The number of ether oxygens (including phenoxy) is 1. The second-order valence-electron chi connectivity index (χ2n) is 7.19. The Morgan fingerprint density at radius 2 is 2.12 bits per heavy atom. The Labute approximate surface area is 151 Å². The third-order valence-corrected chi connectivity index (χ3v) is 5.52. The molecule has 2 aliphatic heterocycles. The van der Waals surface area contributed by atoms with Crippen LogP contribution in [0.15, 0.2) is 36.5 Å². The Morgan fingerprint density at radius 3 is 2.81 bits per heavy atom. The van der Waals surface area contributed by atoms with Crippen molar-refractivity contribution in [2.45, 2.75) is 38.5 Å². The zero-order valence-corrected chi connectivity index (χ0v) is 14.9. The SMILES string of the molecule is Cc1ccnn1CCN1C(=O)[C@H](C(N)=O)[C@H]2C[C@@]1(C)Oc1ccccc12. The van der Waals surface area contributed by atoms with Crippen molar-refractivity contribution in [3.63, 3.8) is 0 Å². The van der Waals surface area contributed by atoms with Crippen LogP contribution in [0.3, 0.4) is 0 Å². The third kappa shape index (κ3) is 2.46. The Morgan fingerprint density at radius 1 is 1.35 bits per heavy atom. The predicted molar refractivity (Wildman–Crippen MR) is 94.2 cm³/mol. The Kier molecular flexibility index (Phi) is 3.75. The summed E-state index contributed by atoms with van der Waals surface area (Å²) >= 11 is 0. The van der Waals surface area contributed by atoms with Crippen molar-refractivity contribution < 1.29 is 14.3 Å². The lowest BCUT2D eigenvalue weighted by Crippen LogP contribution is -2.65. The minimum absolute atomic E-state index is 0.252. The molecule has 1 aromatic heterocycles. The third-order valence-electron chi connectivity index (χ3n) is 5.52. The smallest absolute Gasteiger partial charge is 0.238 e. The number of carbonyl (C=O) groups is 2. The van der Waals surface area contributed by atoms with Gasteiger partial charge in [-0.2, -0.15) is 5.10 Å². The van der Waals surface area contributed by atoms with Gasteiger partial charge in [-0.25, -0.2) is 0 Å². The van der Waals surface area contributed by atoms with Gasteiger partial charge in [0, 0.05) is 30.8 Å². The number of amides is 2. The summed E-state index contributed by atoms with van der Waals surface area (Å²) in [5, 5.41) is 4.26. The minimum Gasteiger partial charge on any atom is -0.468 e. The number of rotatable bonds is 4. The number of hydrogen-bond acceptors (Lipinski definition) is 4. The van der Waals surface area contributed by atoms with E-state index in [0.717, 1.165) is 11.3 Å². The van der Waals surface area contributed by atoms with Crippen LogP contribution in [-0.4, -0.2) is 38.8 Å². The molecule has 3 atom stereocenters. The van der Waals surface area contributed by atoms with E-state index < -0.39 is 17.6 Å². The van der Waals surface area contributed by atoms with E-state index in [1.807, 2.05) is 48.9 Å². The molecule has 2 amide bonds. The van der Waals surface area contributed by atoms with E-state index in [4.69, 9.17) is 10.5 Å². The Bertz CT molecular complexity index is 877. The first kappa shape index (κ1) is 16.6. The average molecular weight is 354 g/mol. The predicted octanol–water partition coefficient (Wildman–Crippen LogP) is 1.42. The van der Waals surface area contributed by atoms with Crippen LogP contribution in [0.5, 0.6) is 5.75 Å². The normalized spacial score (nSPS) is 27.0. The highest BCUT2D eigenvalue weighted by molar-refractivity contribution is 6.01. The molecule has 0 radical (unpaired) electrons. The number of hydrogen-bond donors (Lipinski definition) is 1. The molecule has 3 heterocycles. The molecule has 2 N–H and O–H groups in total. The van der Waals surface area contributed by atoms with E-state index in [0.29, 0.717) is 25.3 Å². The van der Waals surface area contributed by atoms with Gasteiger partial charge in [-0.15, -0.1) is 0 Å². The van der Waals surface area contributed by atoms with Crippen LogP contribution in [0, 0.1) is 12.8 Å². The summed E-state index contributed by atoms with van der Waals surface area (Å²) in [5.41, 5.74) is 6.72. The fourth-order valence-electron chi connectivity index (χ4n) is 4.21. The van der Waals surface area contributed by atoms with Crippen LogP contribution in [0.1, 0.15) is 30.5 Å². The zero-order valence-electron chi connectivity index (χ0n) is 14.9. The summed E-state index contributed by atoms with van der Waals surface area (Å²) in [5.74, 6) is -1.26. The first-order valence-corrected chi connectivity index (χ1v) is 8.78. The second-order valence-corrected chi connectivity index (χ2v) is 7.19. The number of nitrogens with zero attached hydrogens (tertiary/aromatic N) is 3. The van der Waals surface area contributed by atoms with E-state index in [1.54, 1.807) is 11.1 Å². The molecule has 0 unspecified atom stereocenters. The maximum Gasteiger partial charge on any atom is 0.238 e. The van der Waals surface area contributed by atoms with Crippen LogP contribution >= 0.6 is 0 Å². The first-order chi connectivity index (χ1) is 12.4. The number of piperidine rings is 1. The zero-order chi connectivity index (χ0) is 18.5. The van der Waals surface area contributed by atoms with Crippen molar-refractivity contribution in [1.82, 2.24) is 14.7 Å². The molecular weight excluding hydrogens is 332 g/mol. The number of fused-ring (bicyclic) bond motifs is 4. The van der Waals surface area contributed by atoms with Crippen LogP contribution in [0.2, 0.25) is 0 Å². The van der Waals surface area contributed by atoms with E-state index in [1.165, 1.54) is 0 Å². The number of likely N-dealkylation sites (tertiary alicyclic amines) is 1. The van der Waals surface area contributed by atoms with E-state index in [2.05, 4.69) is 5.10 Å². The van der Waals surface area contributed by atoms with Crippen LogP contribution in [0.4, 0.5) is 0 Å². The number of aryl methyl sites for hydroxylation is 1. The number of nitrogens with two attached hydrogens (primary N) is 1. The van der Waals surface area contributed by atoms with E-state index >= 15 is 0 Å². The number of primary amides is 1. The molecule has 7 nitrogen and oxygen atoms in total. The van der Waals surface area contributed by atoms with Crippen molar-refractivity contribution in [3.8, 4) is 5.75 Å². The second kappa shape index (κ2) is 5.86. The van der Waals surface area contributed by atoms with Gasteiger partial charge in [-0.1, -0.05) is 18.2 Å². The minimum atomic E-state index is -0.869. The van der Waals surface area contributed by atoms with Gasteiger partial charge in [0.05, 0.1) is 6.54 Å². The summed E-state index contributed by atoms with van der Waals surface area (Å²) in [6.45, 7) is 4.79. The fraction of sp³-hybridized carbons (Fsp3) is 0.421. The molecule has 2 aliphatic rings. The molecule has 0 saturated carbocycles. The van der Waals surface area contributed by atoms with Gasteiger partial charge >= 0.3 is 0 Å². The maximum atomic E-state index is 13.2. The van der Waals surface area contributed by atoms with Crippen LogP contribution < -0.4 is 10.5 Å². The molecule has 1 saturated heterocycles. The summed E-state index contributed by atoms with van der Waals surface area (Å²) in [4.78, 5) is 26.9. The monoisotopic (exact) mass is 354 g/mol. The highest BCUT2D eigenvalue weighted by Gasteiger charge is 2.55. The maximum absolute atomic E-state index is 13.2. The van der Waals surface area contributed by atoms with Gasteiger partial charge in [0.25, 0.3) is 0 Å².